The Hall–Kier alpha value is -1.15. The van der Waals surface area contributed by atoms with Gasteiger partial charge in [0.05, 0.1) is 17.0 Å². The monoisotopic (exact) mass is 414 g/mol. The number of aliphatic hydroxyl groups is 1. The fraction of sp³-hybridized carbons (Fsp3) is 0.632. The molecule has 0 unspecified atom stereocenters. The average molecular weight is 415 g/mol. The van der Waals surface area contributed by atoms with Crippen molar-refractivity contribution >= 4 is 27.5 Å². The molecule has 1 aliphatic carbocycles. The highest BCUT2D eigenvalue weighted by Gasteiger charge is 2.36. The number of aliphatic hydroxyl groups excluding tert-OH is 1. The highest BCUT2D eigenvalue weighted by molar-refractivity contribution is 7.89. The number of hydrogen-bond donors (Lipinski definition) is 1. The molecule has 1 aliphatic heterocycles. The van der Waals surface area contributed by atoms with Gasteiger partial charge in [-0.25, -0.2) is 8.42 Å². The third kappa shape index (κ3) is 4.47. The zero-order chi connectivity index (χ0) is 19.6. The van der Waals surface area contributed by atoms with Crippen LogP contribution in [0.2, 0.25) is 5.02 Å². The van der Waals surface area contributed by atoms with E-state index in [9.17, 15) is 18.3 Å². The molecule has 1 heterocycles. The number of nitrogens with zero attached hydrogens (tertiary/aromatic N) is 2. The van der Waals surface area contributed by atoms with E-state index in [0.29, 0.717) is 31.0 Å². The fourth-order valence-electron chi connectivity index (χ4n) is 4.09. The van der Waals surface area contributed by atoms with Crippen molar-refractivity contribution in [2.45, 2.75) is 55.6 Å². The second-order valence-electron chi connectivity index (χ2n) is 7.50. The third-order valence-electron chi connectivity index (χ3n) is 5.79. The molecule has 8 heteroatoms. The summed E-state index contributed by atoms with van der Waals surface area (Å²) in [4.78, 5) is 14.8. The minimum absolute atomic E-state index is 0.0180. The van der Waals surface area contributed by atoms with E-state index in [-0.39, 0.29) is 22.8 Å². The Morgan fingerprint density at radius 1 is 1.11 bits per heavy atom. The lowest BCUT2D eigenvalue weighted by Gasteiger charge is -2.38. The molecule has 1 N–H and O–H groups in total. The number of rotatable bonds is 4. The standard InChI is InChI=1S/C19H27ClN2O4S/c1-21(17-4-2-3-5-18(17)23)19(24)14-10-12-22(13-11-14)27(25,26)16-8-6-15(20)7-9-16/h6-9,14,17-18,23H,2-5,10-13H2,1H3/t17-,18+/m1/s1. The molecule has 2 fully saturated rings. The molecule has 1 saturated heterocycles. The molecule has 1 saturated carbocycles. The molecule has 1 aromatic rings. The summed E-state index contributed by atoms with van der Waals surface area (Å²) in [6.07, 6.45) is 4.13. The van der Waals surface area contributed by atoms with Gasteiger partial charge in [0, 0.05) is 31.1 Å². The van der Waals surface area contributed by atoms with Gasteiger partial charge >= 0.3 is 0 Å². The quantitative estimate of drug-likeness (QED) is 0.821. The Morgan fingerprint density at radius 2 is 1.70 bits per heavy atom. The molecule has 6 nitrogen and oxygen atoms in total. The summed E-state index contributed by atoms with van der Waals surface area (Å²) in [6, 6.07) is 6.02. The lowest BCUT2D eigenvalue weighted by molar-refractivity contribution is -0.141. The van der Waals surface area contributed by atoms with Crippen LogP contribution in [0.3, 0.4) is 0 Å². The largest absolute Gasteiger partial charge is 0.391 e. The Kier molecular flexibility index (Phi) is 6.46. The Bertz CT molecular complexity index is 760. The Labute approximate surface area is 166 Å². The van der Waals surface area contributed by atoms with Crippen LogP contribution in [0.4, 0.5) is 0 Å². The van der Waals surface area contributed by atoms with E-state index >= 15 is 0 Å². The second kappa shape index (κ2) is 8.47. The summed E-state index contributed by atoms with van der Waals surface area (Å²) in [5, 5.41) is 10.7. The normalized spacial score (nSPS) is 25.3. The first-order valence-corrected chi connectivity index (χ1v) is 11.3. The molecule has 0 spiro atoms. The van der Waals surface area contributed by atoms with Gasteiger partial charge in [-0.1, -0.05) is 24.4 Å². The molecule has 2 aliphatic rings. The van der Waals surface area contributed by atoms with Crippen molar-refractivity contribution in [3.8, 4) is 0 Å². The molecule has 150 valence electrons. The summed E-state index contributed by atoms with van der Waals surface area (Å²) in [5.74, 6) is -0.176. The first-order chi connectivity index (χ1) is 12.8. The van der Waals surface area contributed by atoms with E-state index in [1.54, 1.807) is 24.1 Å². The number of likely N-dealkylation sites (N-methyl/N-ethyl adjacent to an activating group) is 1. The van der Waals surface area contributed by atoms with E-state index in [1.165, 1.54) is 16.4 Å². The SMILES string of the molecule is CN(C(=O)C1CCN(S(=O)(=O)c2ccc(Cl)cc2)CC1)[C@@H]1CCCC[C@@H]1O. The lowest BCUT2D eigenvalue weighted by atomic mass is 9.89. The summed E-state index contributed by atoms with van der Waals surface area (Å²) in [7, 11) is -1.81. The van der Waals surface area contributed by atoms with Crippen molar-refractivity contribution in [1.29, 1.82) is 0 Å². The highest BCUT2D eigenvalue weighted by Crippen LogP contribution is 2.28. The summed E-state index contributed by atoms with van der Waals surface area (Å²) < 4.78 is 26.9. The second-order valence-corrected chi connectivity index (χ2v) is 9.87. The van der Waals surface area contributed by atoms with E-state index in [0.717, 1.165) is 25.7 Å². The zero-order valence-corrected chi connectivity index (χ0v) is 17.1. The van der Waals surface area contributed by atoms with Crippen molar-refractivity contribution in [2.75, 3.05) is 20.1 Å². The number of benzene rings is 1. The topological polar surface area (TPSA) is 77.9 Å². The molecule has 1 aromatic carbocycles. The Balaban J connectivity index is 1.61. The van der Waals surface area contributed by atoms with Gasteiger partial charge in [0.2, 0.25) is 15.9 Å². The van der Waals surface area contributed by atoms with Crippen LogP contribution in [-0.2, 0) is 14.8 Å². The van der Waals surface area contributed by atoms with Crippen LogP contribution in [-0.4, -0.2) is 60.9 Å². The van der Waals surface area contributed by atoms with Crippen LogP contribution in [0, 0.1) is 5.92 Å². The van der Waals surface area contributed by atoms with E-state index in [4.69, 9.17) is 11.6 Å². The van der Waals surface area contributed by atoms with Crippen LogP contribution < -0.4 is 0 Å². The highest BCUT2D eigenvalue weighted by atomic mass is 35.5. The zero-order valence-electron chi connectivity index (χ0n) is 15.6. The predicted octanol–water partition coefficient (Wildman–Crippen LogP) is 2.50. The van der Waals surface area contributed by atoms with Gasteiger partial charge in [0.15, 0.2) is 0 Å². The van der Waals surface area contributed by atoms with Crippen molar-refractivity contribution in [2.24, 2.45) is 5.92 Å². The maximum Gasteiger partial charge on any atom is 0.243 e. The number of sulfonamides is 1. The number of halogens is 1. The first kappa shape index (κ1) is 20.6. The van der Waals surface area contributed by atoms with Gasteiger partial charge in [-0.3, -0.25) is 4.79 Å². The summed E-state index contributed by atoms with van der Waals surface area (Å²) in [5.41, 5.74) is 0. The first-order valence-electron chi connectivity index (χ1n) is 9.51. The molecule has 0 radical (unpaired) electrons. The summed E-state index contributed by atoms with van der Waals surface area (Å²) >= 11 is 5.84. The van der Waals surface area contributed by atoms with Crippen LogP contribution in [0.25, 0.3) is 0 Å². The molecule has 0 bridgehead atoms. The van der Waals surface area contributed by atoms with E-state index in [1.807, 2.05) is 0 Å². The van der Waals surface area contributed by atoms with Crippen LogP contribution in [0.1, 0.15) is 38.5 Å². The molecule has 2 atom stereocenters. The summed E-state index contributed by atoms with van der Waals surface area (Å²) in [6.45, 7) is 0.644. The van der Waals surface area contributed by atoms with E-state index < -0.39 is 16.1 Å². The number of amides is 1. The number of hydrogen-bond acceptors (Lipinski definition) is 4. The third-order valence-corrected chi connectivity index (χ3v) is 7.96. The van der Waals surface area contributed by atoms with Crippen LogP contribution >= 0.6 is 11.6 Å². The predicted molar refractivity (Wildman–Crippen MR) is 104 cm³/mol. The molecule has 27 heavy (non-hydrogen) atoms. The molecule has 0 aromatic heterocycles. The van der Waals surface area contributed by atoms with Gasteiger partial charge in [0.25, 0.3) is 0 Å². The fourth-order valence-corrected chi connectivity index (χ4v) is 5.69. The maximum absolute atomic E-state index is 12.8. The minimum atomic E-state index is -3.57. The Morgan fingerprint density at radius 3 is 2.30 bits per heavy atom. The van der Waals surface area contributed by atoms with Crippen molar-refractivity contribution in [3.05, 3.63) is 29.3 Å². The molecule has 1 amide bonds. The van der Waals surface area contributed by atoms with Crippen LogP contribution in [0.15, 0.2) is 29.2 Å². The van der Waals surface area contributed by atoms with Crippen molar-refractivity contribution in [3.63, 3.8) is 0 Å². The van der Waals surface area contributed by atoms with Gasteiger partial charge in [-0.15, -0.1) is 0 Å². The average Bonchev–Trinajstić information content (AvgIpc) is 2.68. The number of piperidine rings is 1. The van der Waals surface area contributed by atoms with Gasteiger partial charge in [-0.05, 0) is 49.9 Å². The van der Waals surface area contributed by atoms with Crippen LogP contribution in [0.5, 0.6) is 0 Å². The number of carbonyl (C=O) groups excluding carboxylic acids is 1. The smallest absolute Gasteiger partial charge is 0.243 e. The van der Waals surface area contributed by atoms with Gasteiger partial charge in [0.1, 0.15) is 0 Å². The van der Waals surface area contributed by atoms with Gasteiger partial charge in [-0.2, -0.15) is 4.31 Å². The maximum atomic E-state index is 12.8. The molecular formula is C19H27ClN2O4S. The van der Waals surface area contributed by atoms with Crippen molar-refractivity contribution < 1.29 is 18.3 Å². The molecule has 3 rings (SSSR count). The van der Waals surface area contributed by atoms with E-state index in [2.05, 4.69) is 0 Å². The number of carbonyl (C=O) groups is 1. The minimum Gasteiger partial charge on any atom is -0.391 e. The lowest BCUT2D eigenvalue weighted by Crippen LogP contribution is -2.50. The molecular weight excluding hydrogens is 388 g/mol. The van der Waals surface area contributed by atoms with Crippen molar-refractivity contribution in [1.82, 2.24) is 9.21 Å². The van der Waals surface area contributed by atoms with Gasteiger partial charge < -0.3 is 10.0 Å².